The average molecular weight is 409 g/mol. The van der Waals surface area contributed by atoms with Crippen molar-refractivity contribution < 1.29 is 18.0 Å². The lowest BCUT2D eigenvalue weighted by atomic mass is 9.99. The molecule has 1 atom stereocenters. The summed E-state index contributed by atoms with van der Waals surface area (Å²) in [6.07, 6.45) is 2.75. The highest BCUT2D eigenvalue weighted by Crippen LogP contribution is 2.23. The van der Waals surface area contributed by atoms with Gasteiger partial charge in [0.2, 0.25) is 21.8 Å². The fraction of sp³-hybridized carbons (Fsp3) is 0.353. The first-order chi connectivity index (χ1) is 13.0. The van der Waals surface area contributed by atoms with Crippen molar-refractivity contribution in [3.63, 3.8) is 0 Å². The number of piperidine rings is 1. The molecule has 1 aromatic heterocycles. The van der Waals surface area contributed by atoms with Crippen LogP contribution in [0, 0.1) is 5.92 Å². The molecule has 27 heavy (non-hydrogen) atoms. The number of hydrogen-bond donors (Lipinski definition) is 2. The Morgan fingerprint density at radius 1 is 1.26 bits per heavy atom. The van der Waals surface area contributed by atoms with E-state index in [1.54, 1.807) is 41.9 Å². The number of nitrogens with zero attached hydrogens (tertiary/aromatic N) is 2. The van der Waals surface area contributed by atoms with Crippen LogP contribution in [0.5, 0.6) is 0 Å². The summed E-state index contributed by atoms with van der Waals surface area (Å²) in [5, 5.41) is 7.36. The minimum atomic E-state index is -3.63. The number of nitrogens with one attached hydrogen (secondary N) is 2. The van der Waals surface area contributed by atoms with Crippen molar-refractivity contribution in [3.05, 3.63) is 41.9 Å². The Morgan fingerprint density at radius 3 is 2.74 bits per heavy atom. The SMILES string of the molecule is O=C(CNC(=O)[C@H]1CCCN(S(=O)(=O)c2ccccc2)C1)Nc1nccs1. The monoisotopic (exact) mass is 408 g/mol. The number of anilines is 1. The molecule has 0 unspecified atom stereocenters. The van der Waals surface area contributed by atoms with Crippen LogP contribution in [0.25, 0.3) is 0 Å². The highest BCUT2D eigenvalue weighted by Gasteiger charge is 2.33. The van der Waals surface area contributed by atoms with Gasteiger partial charge >= 0.3 is 0 Å². The molecule has 0 aliphatic carbocycles. The summed E-state index contributed by atoms with van der Waals surface area (Å²) in [6, 6.07) is 8.18. The van der Waals surface area contributed by atoms with Crippen LogP contribution in [0.15, 0.2) is 46.8 Å². The van der Waals surface area contributed by atoms with Gasteiger partial charge in [-0.15, -0.1) is 11.3 Å². The van der Waals surface area contributed by atoms with Crippen molar-refractivity contribution in [1.82, 2.24) is 14.6 Å². The molecule has 1 aliphatic rings. The van der Waals surface area contributed by atoms with E-state index in [0.717, 1.165) is 0 Å². The van der Waals surface area contributed by atoms with E-state index in [1.807, 2.05) is 0 Å². The van der Waals surface area contributed by atoms with Crippen molar-refractivity contribution in [2.75, 3.05) is 25.0 Å². The molecule has 2 N–H and O–H groups in total. The number of hydrogen-bond acceptors (Lipinski definition) is 6. The van der Waals surface area contributed by atoms with Crippen LogP contribution < -0.4 is 10.6 Å². The summed E-state index contributed by atoms with van der Waals surface area (Å²) in [5.74, 6) is -1.18. The minimum Gasteiger partial charge on any atom is -0.347 e. The second kappa shape index (κ2) is 8.59. The molecule has 10 heteroatoms. The third kappa shape index (κ3) is 4.90. The lowest BCUT2D eigenvalue weighted by molar-refractivity contribution is -0.128. The van der Waals surface area contributed by atoms with E-state index in [2.05, 4.69) is 15.6 Å². The van der Waals surface area contributed by atoms with E-state index in [0.29, 0.717) is 24.5 Å². The van der Waals surface area contributed by atoms with Gasteiger partial charge in [0.1, 0.15) is 0 Å². The molecule has 0 radical (unpaired) electrons. The molecule has 0 bridgehead atoms. The average Bonchev–Trinajstić information content (AvgIpc) is 3.20. The summed E-state index contributed by atoms with van der Waals surface area (Å²) in [6.45, 7) is 0.309. The second-order valence-electron chi connectivity index (χ2n) is 6.12. The van der Waals surface area contributed by atoms with E-state index in [-0.39, 0.29) is 29.8 Å². The third-order valence-corrected chi connectivity index (χ3v) is 6.81. The summed E-state index contributed by atoms with van der Waals surface area (Å²) in [4.78, 5) is 28.4. The summed E-state index contributed by atoms with van der Waals surface area (Å²) in [5.41, 5.74) is 0. The maximum absolute atomic E-state index is 12.7. The molecule has 144 valence electrons. The van der Waals surface area contributed by atoms with Gasteiger partial charge < -0.3 is 10.6 Å². The van der Waals surface area contributed by atoms with Gasteiger partial charge in [-0.2, -0.15) is 4.31 Å². The molecule has 3 rings (SSSR count). The first-order valence-corrected chi connectivity index (χ1v) is 10.8. The predicted octanol–water partition coefficient (Wildman–Crippen LogP) is 1.30. The van der Waals surface area contributed by atoms with E-state index in [1.165, 1.54) is 15.6 Å². The van der Waals surface area contributed by atoms with Crippen molar-refractivity contribution in [2.24, 2.45) is 5.92 Å². The molecular formula is C17H20N4O4S2. The fourth-order valence-electron chi connectivity index (χ4n) is 2.88. The van der Waals surface area contributed by atoms with Gasteiger partial charge in [-0.05, 0) is 25.0 Å². The van der Waals surface area contributed by atoms with E-state index >= 15 is 0 Å². The summed E-state index contributed by atoms with van der Waals surface area (Å²) in [7, 11) is -3.63. The number of carbonyl (C=O) groups excluding carboxylic acids is 2. The first kappa shape index (κ1) is 19.5. The molecule has 2 heterocycles. The van der Waals surface area contributed by atoms with Crippen LogP contribution in [-0.4, -0.2) is 49.2 Å². The molecule has 8 nitrogen and oxygen atoms in total. The number of carbonyl (C=O) groups is 2. The standard InChI is InChI=1S/C17H20N4O4S2/c22-15(20-17-18-8-10-26-17)11-19-16(23)13-5-4-9-21(12-13)27(24,25)14-6-2-1-3-7-14/h1-3,6-8,10,13H,4-5,9,11-12H2,(H,19,23)(H,18,20,22)/t13-/m0/s1. The van der Waals surface area contributed by atoms with E-state index < -0.39 is 15.9 Å². The topological polar surface area (TPSA) is 108 Å². The van der Waals surface area contributed by atoms with Crippen LogP contribution in [0.3, 0.4) is 0 Å². The van der Waals surface area contributed by atoms with Gasteiger partial charge in [-0.3, -0.25) is 9.59 Å². The number of amides is 2. The number of thiazole rings is 1. The largest absolute Gasteiger partial charge is 0.347 e. The van der Waals surface area contributed by atoms with Crippen LogP contribution in [0.1, 0.15) is 12.8 Å². The second-order valence-corrected chi connectivity index (χ2v) is 8.95. The zero-order chi connectivity index (χ0) is 19.3. The van der Waals surface area contributed by atoms with Gasteiger partial charge in [-0.1, -0.05) is 18.2 Å². The zero-order valence-electron chi connectivity index (χ0n) is 14.5. The Balaban J connectivity index is 1.56. The molecule has 1 saturated heterocycles. The molecule has 1 aliphatic heterocycles. The van der Waals surface area contributed by atoms with Gasteiger partial charge in [0, 0.05) is 24.7 Å². The van der Waals surface area contributed by atoms with E-state index in [9.17, 15) is 18.0 Å². The summed E-state index contributed by atoms with van der Waals surface area (Å²) < 4.78 is 26.8. The van der Waals surface area contributed by atoms with Crippen LogP contribution in [0.2, 0.25) is 0 Å². The molecule has 0 spiro atoms. The number of rotatable bonds is 6. The smallest absolute Gasteiger partial charge is 0.245 e. The molecule has 0 saturated carbocycles. The first-order valence-electron chi connectivity index (χ1n) is 8.49. The highest BCUT2D eigenvalue weighted by molar-refractivity contribution is 7.89. The van der Waals surface area contributed by atoms with Crippen molar-refractivity contribution in [3.8, 4) is 0 Å². The predicted molar refractivity (Wildman–Crippen MR) is 102 cm³/mol. The molecule has 1 fully saturated rings. The van der Waals surface area contributed by atoms with Crippen LogP contribution in [-0.2, 0) is 19.6 Å². The van der Waals surface area contributed by atoms with Gasteiger partial charge in [0.25, 0.3) is 0 Å². The quantitative estimate of drug-likeness (QED) is 0.749. The zero-order valence-corrected chi connectivity index (χ0v) is 16.1. The van der Waals surface area contributed by atoms with Gasteiger partial charge in [0.05, 0.1) is 17.4 Å². The van der Waals surface area contributed by atoms with Gasteiger partial charge in [-0.25, -0.2) is 13.4 Å². The summed E-state index contributed by atoms with van der Waals surface area (Å²) >= 11 is 1.29. The molecule has 2 amide bonds. The number of sulfonamides is 1. The van der Waals surface area contributed by atoms with Crippen LogP contribution in [0.4, 0.5) is 5.13 Å². The van der Waals surface area contributed by atoms with Crippen molar-refractivity contribution >= 4 is 38.3 Å². The lowest BCUT2D eigenvalue weighted by Crippen LogP contribution is -2.46. The Labute approximate surface area is 161 Å². The molecule has 2 aromatic rings. The highest BCUT2D eigenvalue weighted by atomic mass is 32.2. The molecule has 1 aromatic carbocycles. The van der Waals surface area contributed by atoms with Crippen molar-refractivity contribution in [1.29, 1.82) is 0 Å². The van der Waals surface area contributed by atoms with E-state index in [4.69, 9.17) is 0 Å². The number of aromatic nitrogens is 1. The maximum atomic E-state index is 12.7. The normalized spacial score (nSPS) is 18.0. The lowest BCUT2D eigenvalue weighted by Gasteiger charge is -2.31. The fourth-order valence-corrected chi connectivity index (χ4v) is 4.97. The Bertz CT molecular complexity index is 885. The third-order valence-electron chi connectivity index (χ3n) is 4.24. The van der Waals surface area contributed by atoms with Crippen LogP contribution >= 0.6 is 11.3 Å². The van der Waals surface area contributed by atoms with Crippen molar-refractivity contribution in [2.45, 2.75) is 17.7 Å². The maximum Gasteiger partial charge on any atom is 0.245 e. The Hall–Kier alpha value is -2.30. The number of benzene rings is 1. The van der Waals surface area contributed by atoms with Gasteiger partial charge in [0.15, 0.2) is 5.13 Å². The minimum absolute atomic E-state index is 0.108. The molecular weight excluding hydrogens is 388 g/mol. The Morgan fingerprint density at radius 2 is 2.04 bits per heavy atom. The Kier molecular flexibility index (Phi) is 6.19.